The number of likely N-dealkylation sites (tertiary alicyclic amines) is 1. The second-order valence-corrected chi connectivity index (χ2v) is 5.08. The van der Waals surface area contributed by atoms with Crippen LogP contribution in [0.25, 0.3) is 0 Å². The number of benzene rings is 1. The highest BCUT2D eigenvalue weighted by molar-refractivity contribution is 5.94. The van der Waals surface area contributed by atoms with Crippen LogP contribution < -0.4 is 5.32 Å². The van der Waals surface area contributed by atoms with Crippen molar-refractivity contribution in [2.45, 2.75) is 31.8 Å². The third-order valence-corrected chi connectivity index (χ3v) is 3.76. The highest BCUT2D eigenvalue weighted by Crippen LogP contribution is 2.19. The molecule has 19 heavy (non-hydrogen) atoms. The Bertz CT molecular complexity index is 434. The van der Waals surface area contributed by atoms with Crippen LogP contribution >= 0.6 is 0 Å². The van der Waals surface area contributed by atoms with Crippen LogP contribution in [0.1, 0.15) is 35.2 Å². The van der Waals surface area contributed by atoms with E-state index in [0.717, 1.165) is 25.1 Å². The van der Waals surface area contributed by atoms with Gasteiger partial charge in [-0.2, -0.15) is 0 Å². The summed E-state index contributed by atoms with van der Waals surface area (Å²) in [5, 5.41) is 12.1. The molecular weight excluding hydrogens is 240 g/mol. The minimum atomic E-state index is -0.0563. The molecule has 0 aromatic heterocycles. The zero-order valence-electron chi connectivity index (χ0n) is 11.4. The van der Waals surface area contributed by atoms with Gasteiger partial charge in [-0.15, -0.1) is 0 Å². The Labute approximate surface area is 114 Å². The van der Waals surface area contributed by atoms with Gasteiger partial charge in [0.1, 0.15) is 0 Å². The number of amides is 1. The first kappa shape index (κ1) is 14.0. The SMILES string of the molecule is CNC(=O)c1cccc(CN2CCCC[C@@H]2CO)c1. The minimum absolute atomic E-state index is 0.0563. The molecule has 1 heterocycles. The monoisotopic (exact) mass is 262 g/mol. The molecule has 4 heteroatoms. The summed E-state index contributed by atoms with van der Waals surface area (Å²) in [5.41, 5.74) is 1.82. The lowest BCUT2D eigenvalue weighted by molar-refractivity contribution is 0.0840. The normalized spacial score (nSPS) is 20.2. The van der Waals surface area contributed by atoms with Gasteiger partial charge in [-0.05, 0) is 37.1 Å². The first-order valence-electron chi connectivity index (χ1n) is 6.90. The average Bonchev–Trinajstić information content (AvgIpc) is 2.47. The predicted molar refractivity (Wildman–Crippen MR) is 75.0 cm³/mol. The topological polar surface area (TPSA) is 52.6 Å². The fourth-order valence-corrected chi connectivity index (χ4v) is 2.66. The van der Waals surface area contributed by atoms with Crippen molar-refractivity contribution in [3.05, 3.63) is 35.4 Å². The molecule has 0 unspecified atom stereocenters. The smallest absolute Gasteiger partial charge is 0.251 e. The molecule has 1 aromatic carbocycles. The van der Waals surface area contributed by atoms with E-state index >= 15 is 0 Å². The zero-order valence-corrected chi connectivity index (χ0v) is 11.4. The lowest BCUT2D eigenvalue weighted by Crippen LogP contribution is -2.41. The van der Waals surface area contributed by atoms with Crippen LogP contribution in [0, 0.1) is 0 Å². The molecule has 1 aliphatic heterocycles. The third kappa shape index (κ3) is 3.55. The molecule has 1 amide bonds. The van der Waals surface area contributed by atoms with E-state index in [9.17, 15) is 9.90 Å². The number of aliphatic hydroxyl groups excluding tert-OH is 1. The number of hydrogen-bond acceptors (Lipinski definition) is 3. The second-order valence-electron chi connectivity index (χ2n) is 5.08. The lowest BCUT2D eigenvalue weighted by atomic mass is 10.0. The van der Waals surface area contributed by atoms with E-state index in [-0.39, 0.29) is 18.6 Å². The summed E-state index contributed by atoms with van der Waals surface area (Å²) < 4.78 is 0. The fraction of sp³-hybridized carbons (Fsp3) is 0.533. The summed E-state index contributed by atoms with van der Waals surface area (Å²) >= 11 is 0. The van der Waals surface area contributed by atoms with Gasteiger partial charge in [0, 0.05) is 25.2 Å². The van der Waals surface area contributed by atoms with Crippen molar-refractivity contribution in [3.8, 4) is 0 Å². The second kappa shape index (κ2) is 6.68. The molecule has 0 saturated carbocycles. The van der Waals surface area contributed by atoms with Crippen molar-refractivity contribution in [1.82, 2.24) is 10.2 Å². The van der Waals surface area contributed by atoms with E-state index in [4.69, 9.17) is 0 Å². The van der Waals surface area contributed by atoms with Gasteiger partial charge >= 0.3 is 0 Å². The number of nitrogens with zero attached hydrogens (tertiary/aromatic N) is 1. The van der Waals surface area contributed by atoms with Crippen molar-refractivity contribution in [3.63, 3.8) is 0 Å². The number of aliphatic hydroxyl groups is 1. The number of nitrogens with one attached hydrogen (secondary N) is 1. The van der Waals surface area contributed by atoms with Gasteiger partial charge < -0.3 is 10.4 Å². The van der Waals surface area contributed by atoms with Crippen LogP contribution in [0.3, 0.4) is 0 Å². The van der Waals surface area contributed by atoms with Crippen molar-refractivity contribution in [2.24, 2.45) is 0 Å². The largest absolute Gasteiger partial charge is 0.395 e. The molecule has 1 aliphatic rings. The Morgan fingerprint density at radius 3 is 3.05 bits per heavy atom. The van der Waals surface area contributed by atoms with Gasteiger partial charge in [0.15, 0.2) is 0 Å². The fourth-order valence-electron chi connectivity index (χ4n) is 2.66. The molecule has 4 nitrogen and oxygen atoms in total. The minimum Gasteiger partial charge on any atom is -0.395 e. The summed E-state index contributed by atoms with van der Waals surface area (Å²) in [6, 6.07) is 7.97. The number of rotatable bonds is 4. The highest BCUT2D eigenvalue weighted by Gasteiger charge is 2.21. The summed E-state index contributed by atoms with van der Waals surface area (Å²) in [6.07, 6.45) is 3.44. The molecule has 1 saturated heterocycles. The van der Waals surface area contributed by atoms with E-state index < -0.39 is 0 Å². The van der Waals surface area contributed by atoms with Gasteiger partial charge in [0.05, 0.1) is 6.61 Å². The maximum absolute atomic E-state index is 11.6. The molecule has 0 aliphatic carbocycles. The number of piperidine rings is 1. The first-order valence-corrected chi connectivity index (χ1v) is 6.90. The summed E-state index contributed by atoms with van der Waals surface area (Å²) in [6.45, 7) is 2.04. The Balaban J connectivity index is 2.07. The molecule has 2 rings (SSSR count). The summed E-state index contributed by atoms with van der Waals surface area (Å²) in [7, 11) is 1.64. The Hall–Kier alpha value is -1.39. The van der Waals surface area contributed by atoms with Crippen molar-refractivity contribution >= 4 is 5.91 Å². The summed E-state index contributed by atoms with van der Waals surface area (Å²) in [4.78, 5) is 13.9. The Kier molecular flexibility index (Phi) is 4.93. The van der Waals surface area contributed by atoms with E-state index in [1.165, 1.54) is 12.8 Å². The summed E-state index contributed by atoms with van der Waals surface area (Å²) in [5.74, 6) is -0.0563. The van der Waals surface area contributed by atoms with Gasteiger partial charge in [-0.25, -0.2) is 0 Å². The molecule has 104 valence electrons. The van der Waals surface area contributed by atoms with Crippen LogP contribution in [-0.4, -0.2) is 42.2 Å². The van der Waals surface area contributed by atoms with Crippen LogP contribution in [0.4, 0.5) is 0 Å². The van der Waals surface area contributed by atoms with Crippen molar-refractivity contribution in [1.29, 1.82) is 0 Å². The molecule has 1 aromatic rings. The molecule has 2 N–H and O–H groups in total. The molecule has 0 radical (unpaired) electrons. The van der Waals surface area contributed by atoms with E-state index in [1.807, 2.05) is 24.3 Å². The van der Waals surface area contributed by atoms with Crippen LogP contribution in [0.2, 0.25) is 0 Å². The van der Waals surface area contributed by atoms with Crippen molar-refractivity contribution < 1.29 is 9.90 Å². The Morgan fingerprint density at radius 1 is 1.47 bits per heavy atom. The predicted octanol–water partition coefficient (Wildman–Crippen LogP) is 1.39. The maximum atomic E-state index is 11.6. The number of carbonyl (C=O) groups excluding carboxylic acids is 1. The van der Waals surface area contributed by atoms with Gasteiger partial charge in [-0.3, -0.25) is 9.69 Å². The number of hydrogen-bond donors (Lipinski definition) is 2. The molecular formula is C15H22N2O2. The van der Waals surface area contributed by atoms with E-state index in [0.29, 0.717) is 5.56 Å². The zero-order chi connectivity index (χ0) is 13.7. The number of carbonyl (C=O) groups is 1. The van der Waals surface area contributed by atoms with Gasteiger partial charge in [-0.1, -0.05) is 18.6 Å². The van der Waals surface area contributed by atoms with Gasteiger partial charge in [0.25, 0.3) is 5.91 Å². The molecule has 1 atom stereocenters. The Morgan fingerprint density at radius 2 is 2.32 bits per heavy atom. The lowest BCUT2D eigenvalue weighted by Gasteiger charge is -2.34. The standard InChI is InChI=1S/C15H22N2O2/c1-16-15(19)13-6-4-5-12(9-13)10-17-8-3-2-7-14(17)11-18/h4-6,9,14,18H,2-3,7-8,10-11H2,1H3,(H,16,19)/t14-/m1/s1. The maximum Gasteiger partial charge on any atom is 0.251 e. The van der Waals surface area contributed by atoms with E-state index in [2.05, 4.69) is 10.2 Å². The van der Waals surface area contributed by atoms with E-state index in [1.54, 1.807) is 7.05 Å². The molecule has 0 spiro atoms. The average molecular weight is 262 g/mol. The molecule has 0 bridgehead atoms. The molecule has 1 fully saturated rings. The van der Waals surface area contributed by atoms with Crippen LogP contribution in [-0.2, 0) is 6.54 Å². The van der Waals surface area contributed by atoms with Crippen LogP contribution in [0.5, 0.6) is 0 Å². The highest BCUT2D eigenvalue weighted by atomic mass is 16.3. The quantitative estimate of drug-likeness (QED) is 0.862. The van der Waals surface area contributed by atoms with Crippen LogP contribution in [0.15, 0.2) is 24.3 Å². The third-order valence-electron chi connectivity index (χ3n) is 3.76. The van der Waals surface area contributed by atoms with Gasteiger partial charge in [0.2, 0.25) is 0 Å². The van der Waals surface area contributed by atoms with Crippen molar-refractivity contribution in [2.75, 3.05) is 20.2 Å². The first-order chi connectivity index (χ1) is 9.24.